The molecule has 0 aliphatic heterocycles. The first-order chi connectivity index (χ1) is 5.66. The van der Waals surface area contributed by atoms with Crippen molar-refractivity contribution in [3.05, 3.63) is 29.3 Å². The van der Waals surface area contributed by atoms with Gasteiger partial charge in [-0.05, 0) is 6.07 Å². The second-order valence-corrected chi connectivity index (χ2v) is 2.27. The number of benzene rings is 1. The molecule has 0 spiro atoms. The Hall–Kier alpha value is -1.45. The van der Waals surface area contributed by atoms with Crippen LogP contribution in [0.2, 0.25) is 0 Å². The molecule has 0 aliphatic carbocycles. The van der Waals surface area contributed by atoms with Gasteiger partial charge in [-0.2, -0.15) is 0 Å². The van der Waals surface area contributed by atoms with Gasteiger partial charge in [0.05, 0.1) is 5.56 Å². The van der Waals surface area contributed by atoms with Crippen molar-refractivity contribution in [1.82, 2.24) is 0 Å². The molecule has 0 radical (unpaired) electrons. The summed E-state index contributed by atoms with van der Waals surface area (Å²) in [7, 11) is 0. The molecule has 0 fully saturated rings. The highest BCUT2D eigenvalue weighted by molar-refractivity contribution is 5.80. The molecule has 2 N–H and O–H groups in total. The number of nitrogens with two attached hydrogens (primary N) is 1. The van der Waals surface area contributed by atoms with Crippen molar-refractivity contribution in [2.24, 2.45) is 0 Å². The molecule has 0 aromatic heterocycles. The molecular formula is C8H7F2NO. The first-order valence-corrected chi connectivity index (χ1v) is 3.28. The molecule has 64 valence electrons. The van der Waals surface area contributed by atoms with Gasteiger partial charge in [-0.1, -0.05) is 12.1 Å². The standard InChI is InChI=1S/C8H7F2NO/c9-8(10)7-5(4-12)2-1-3-6(7)11/h1-4,8H,11H2. The Morgan fingerprint density at radius 3 is 2.50 bits per heavy atom. The van der Waals surface area contributed by atoms with Crippen molar-refractivity contribution in [2.75, 3.05) is 5.73 Å². The maximum atomic E-state index is 12.2. The van der Waals surface area contributed by atoms with Crippen molar-refractivity contribution in [3.63, 3.8) is 0 Å². The number of anilines is 1. The summed E-state index contributed by atoms with van der Waals surface area (Å²) in [5.74, 6) is 0. The normalized spacial score (nSPS) is 10.2. The number of halogens is 2. The lowest BCUT2D eigenvalue weighted by atomic mass is 10.1. The highest BCUT2D eigenvalue weighted by atomic mass is 19.3. The van der Waals surface area contributed by atoms with Crippen LogP contribution in [0.25, 0.3) is 0 Å². The van der Waals surface area contributed by atoms with Gasteiger partial charge in [-0.3, -0.25) is 4.79 Å². The lowest BCUT2D eigenvalue weighted by Gasteiger charge is -2.05. The number of alkyl halides is 2. The van der Waals surface area contributed by atoms with E-state index in [1.807, 2.05) is 0 Å². The van der Waals surface area contributed by atoms with Crippen LogP contribution in [0.4, 0.5) is 14.5 Å². The van der Waals surface area contributed by atoms with Crippen molar-refractivity contribution in [3.8, 4) is 0 Å². The van der Waals surface area contributed by atoms with E-state index in [9.17, 15) is 13.6 Å². The molecule has 0 bridgehead atoms. The second kappa shape index (κ2) is 3.30. The summed E-state index contributed by atoms with van der Waals surface area (Å²) >= 11 is 0. The summed E-state index contributed by atoms with van der Waals surface area (Å²) in [6.07, 6.45) is -2.33. The molecule has 0 atom stereocenters. The van der Waals surface area contributed by atoms with Gasteiger partial charge in [-0.25, -0.2) is 8.78 Å². The highest BCUT2D eigenvalue weighted by Crippen LogP contribution is 2.27. The second-order valence-electron chi connectivity index (χ2n) is 2.27. The van der Waals surface area contributed by atoms with Crippen molar-refractivity contribution in [1.29, 1.82) is 0 Å². The van der Waals surface area contributed by atoms with E-state index in [0.29, 0.717) is 6.29 Å². The van der Waals surface area contributed by atoms with Gasteiger partial charge in [0.15, 0.2) is 6.29 Å². The van der Waals surface area contributed by atoms with Crippen molar-refractivity contribution < 1.29 is 13.6 Å². The first kappa shape index (κ1) is 8.64. The Morgan fingerprint density at radius 1 is 1.42 bits per heavy atom. The van der Waals surface area contributed by atoms with E-state index >= 15 is 0 Å². The predicted molar refractivity (Wildman–Crippen MR) is 41.2 cm³/mol. The van der Waals surface area contributed by atoms with E-state index in [1.54, 1.807) is 0 Å². The van der Waals surface area contributed by atoms with E-state index < -0.39 is 6.43 Å². The van der Waals surface area contributed by atoms with Crippen LogP contribution in [0, 0.1) is 0 Å². The fourth-order valence-electron chi connectivity index (χ4n) is 0.956. The predicted octanol–water partition coefficient (Wildman–Crippen LogP) is 2.02. The Balaban J connectivity index is 3.29. The zero-order chi connectivity index (χ0) is 9.14. The molecule has 1 rings (SSSR count). The minimum absolute atomic E-state index is 0.0467. The van der Waals surface area contributed by atoms with Gasteiger partial charge in [-0.15, -0.1) is 0 Å². The average molecular weight is 171 g/mol. The molecule has 1 aromatic carbocycles. The zero-order valence-corrected chi connectivity index (χ0v) is 6.13. The number of nitrogen functional groups attached to an aromatic ring is 1. The number of carbonyl (C=O) groups is 1. The largest absolute Gasteiger partial charge is 0.398 e. The van der Waals surface area contributed by atoms with Crippen LogP contribution in [-0.4, -0.2) is 6.29 Å². The van der Waals surface area contributed by atoms with Crippen LogP contribution in [0.1, 0.15) is 22.3 Å². The monoisotopic (exact) mass is 171 g/mol. The molecule has 0 amide bonds. The SMILES string of the molecule is Nc1cccc(C=O)c1C(F)F. The van der Waals surface area contributed by atoms with E-state index in [-0.39, 0.29) is 16.8 Å². The molecule has 12 heavy (non-hydrogen) atoms. The van der Waals surface area contributed by atoms with Crippen LogP contribution >= 0.6 is 0 Å². The first-order valence-electron chi connectivity index (χ1n) is 3.28. The lowest BCUT2D eigenvalue weighted by Crippen LogP contribution is -1.99. The van der Waals surface area contributed by atoms with Gasteiger partial charge in [0.2, 0.25) is 0 Å². The maximum absolute atomic E-state index is 12.2. The third kappa shape index (κ3) is 1.42. The lowest BCUT2D eigenvalue weighted by molar-refractivity contribution is 0.110. The summed E-state index contributed by atoms with van der Waals surface area (Å²) in [6.45, 7) is 0. The van der Waals surface area contributed by atoms with E-state index in [1.165, 1.54) is 18.2 Å². The van der Waals surface area contributed by atoms with Gasteiger partial charge < -0.3 is 5.73 Å². The molecule has 2 nitrogen and oxygen atoms in total. The summed E-state index contributed by atoms with van der Waals surface area (Å²) in [4.78, 5) is 10.3. The van der Waals surface area contributed by atoms with Gasteiger partial charge in [0.25, 0.3) is 6.43 Å². The summed E-state index contributed by atoms with van der Waals surface area (Å²) < 4.78 is 24.5. The quantitative estimate of drug-likeness (QED) is 0.546. The van der Waals surface area contributed by atoms with Crippen LogP contribution in [0.3, 0.4) is 0 Å². The number of carbonyl (C=O) groups excluding carboxylic acids is 1. The molecular weight excluding hydrogens is 164 g/mol. The van der Waals surface area contributed by atoms with E-state index in [0.717, 1.165) is 0 Å². The van der Waals surface area contributed by atoms with Gasteiger partial charge >= 0.3 is 0 Å². The number of aldehydes is 1. The maximum Gasteiger partial charge on any atom is 0.266 e. The molecule has 4 heteroatoms. The highest BCUT2D eigenvalue weighted by Gasteiger charge is 2.15. The Morgan fingerprint density at radius 2 is 2.08 bits per heavy atom. The van der Waals surface area contributed by atoms with Crippen LogP contribution < -0.4 is 5.73 Å². The van der Waals surface area contributed by atoms with Crippen LogP contribution in [0.5, 0.6) is 0 Å². The average Bonchev–Trinajstić information content (AvgIpc) is 2.03. The van der Waals surface area contributed by atoms with Crippen molar-refractivity contribution >= 4 is 12.0 Å². The Labute approximate surface area is 68.0 Å². The van der Waals surface area contributed by atoms with E-state index in [2.05, 4.69) is 0 Å². The summed E-state index contributed by atoms with van der Waals surface area (Å²) in [5, 5.41) is 0. The van der Waals surface area contributed by atoms with Crippen LogP contribution in [-0.2, 0) is 0 Å². The molecule has 0 heterocycles. The topological polar surface area (TPSA) is 43.1 Å². The third-order valence-electron chi connectivity index (χ3n) is 1.52. The van der Waals surface area contributed by atoms with Gasteiger partial charge in [0, 0.05) is 11.3 Å². The molecule has 0 unspecified atom stereocenters. The zero-order valence-electron chi connectivity index (χ0n) is 6.13. The number of hydrogen-bond donors (Lipinski definition) is 1. The smallest absolute Gasteiger partial charge is 0.266 e. The number of rotatable bonds is 2. The summed E-state index contributed by atoms with van der Waals surface area (Å²) in [5.41, 5.74) is 4.78. The summed E-state index contributed by atoms with van der Waals surface area (Å²) in [6, 6.07) is 4.12. The molecule has 1 aromatic rings. The van der Waals surface area contributed by atoms with E-state index in [4.69, 9.17) is 5.73 Å². The fraction of sp³-hybridized carbons (Fsp3) is 0.125. The minimum Gasteiger partial charge on any atom is -0.398 e. The Kier molecular flexibility index (Phi) is 2.38. The molecule has 0 saturated carbocycles. The third-order valence-corrected chi connectivity index (χ3v) is 1.52. The minimum atomic E-state index is -2.70. The fourth-order valence-corrected chi connectivity index (χ4v) is 0.956. The Bertz CT molecular complexity index is 299. The molecule has 0 saturated heterocycles. The molecule has 0 aliphatic rings. The van der Waals surface area contributed by atoms with Gasteiger partial charge in [0.1, 0.15) is 0 Å². The number of hydrogen-bond acceptors (Lipinski definition) is 2. The van der Waals surface area contributed by atoms with Crippen LogP contribution in [0.15, 0.2) is 18.2 Å². The van der Waals surface area contributed by atoms with Crippen molar-refractivity contribution in [2.45, 2.75) is 6.43 Å².